The molecule has 0 aliphatic carbocycles. The maximum absolute atomic E-state index is 12.9. The average Bonchev–Trinajstić information content (AvgIpc) is 2.79. The molecule has 1 aromatic heterocycles. The SMILES string of the molecule is Cc1c(C(=O)NCC(C)O)cnn1-c1ccc(F)cc1. The number of benzene rings is 1. The van der Waals surface area contributed by atoms with E-state index < -0.39 is 6.10 Å². The van der Waals surface area contributed by atoms with Gasteiger partial charge >= 0.3 is 0 Å². The number of nitrogens with one attached hydrogen (secondary N) is 1. The molecule has 1 aromatic carbocycles. The van der Waals surface area contributed by atoms with Gasteiger partial charge in [-0.25, -0.2) is 9.07 Å². The highest BCUT2D eigenvalue weighted by Gasteiger charge is 2.15. The van der Waals surface area contributed by atoms with E-state index in [0.717, 1.165) is 0 Å². The molecular formula is C14H16FN3O2. The van der Waals surface area contributed by atoms with Crippen LogP contribution in [0.5, 0.6) is 0 Å². The molecule has 6 heteroatoms. The molecule has 1 amide bonds. The van der Waals surface area contributed by atoms with E-state index in [-0.39, 0.29) is 18.3 Å². The van der Waals surface area contributed by atoms with Gasteiger partial charge in [0.1, 0.15) is 5.82 Å². The van der Waals surface area contributed by atoms with Crippen molar-refractivity contribution in [2.45, 2.75) is 20.0 Å². The van der Waals surface area contributed by atoms with Crippen molar-refractivity contribution in [1.29, 1.82) is 0 Å². The van der Waals surface area contributed by atoms with Gasteiger partial charge in [-0.3, -0.25) is 4.79 Å². The summed E-state index contributed by atoms with van der Waals surface area (Å²) in [5.74, 6) is -0.620. The molecule has 0 radical (unpaired) electrons. The minimum absolute atomic E-state index is 0.181. The topological polar surface area (TPSA) is 67.2 Å². The first-order valence-corrected chi connectivity index (χ1v) is 6.26. The molecule has 1 unspecified atom stereocenters. The summed E-state index contributed by atoms with van der Waals surface area (Å²) >= 11 is 0. The highest BCUT2D eigenvalue weighted by molar-refractivity contribution is 5.95. The van der Waals surface area contributed by atoms with Crippen molar-refractivity contribution >= 4 is 5.91 Å². The zero-order valence-electron chi connectivity index (χ0n) is 11.3. The molecule has 0 spiro atoms. The number of hydrogen-bond donors (Lipinski definition) is 2. The number of aliphatic hydroxyl groups is 1. The number of nitrogens with zero attached hydrogens (tertiary/aromatic N) is 2. The summed E-state index contributed by atoms with van der Waals surface area (Å²) in [7, 11) is 0. The first-order valence-electron chi connectivity index (χ1n) is 6.26. The van der Waals surface area contributed by atoms with Crippen LogP contribution in [0, 0.1) is 12.7 Å². The number of carbonyl (C=O) groups is 1. The second-order valence-corrected chi connectivity index (χ2v) is 4.59. The predicted molar refractivity (Wildman–Crippen MR) is 72.3 cm³/mol. The Kier molecular flexibility index (Phi) is 4.14. The van der Waals surface area contributed by atoms with Crippen LogP contribution in [0.1, 0.15) is 23.0 Å². The van der Waals surface area contributed by atoms with E-state index in [0.29, 0.717) is 16.9 Å². The number of hydrogen-bond acceptors (Lipinski definition) is 3. The van der Waals surface area contributed by atoms with Crippen molar-refractivity contribution in [3.05, 3.63) is 47.5 Å². The molecule has 5 nitrogen and oxygen atoms in total. The monoisotopic (exact) mass is 277 g/mol. The fourth-order valence-electron chi connectivity index (χ4n) is 1.81. The molecule has 0 aliphatic heterocycles. The second kappa shape index (κ2) is 5.83. The molecule has 1 atom stereocenters. The van der Waals surface area contributed by atoms with Crippen LogP contribution in [0.2, 0.25) is 0 Å². The maximum atomic E-state index is 12.9. The maximum Gasteiger partial charge on any atom is 0.254 e. The normalized spacial score (nSPS) is 12.2. The van der Waals surface area contributed by atoms with Crippen LogP contribution in [-0.2, 0) is 0 Å². The van der Waals surface area contributed by atoms with Gasteiger partial charge in [0.25, 0.3) is 5.91 Å². The van der Waals surface area contributed by atoms with Gasteiger partial charge in [0.2, 0.25) is 0 Å². The lowest BCUT2D eigenvalue weighted by atomic mass is 10.2. The Balaban J connectivity index is 2.22. The third kappa shape index (κ3) is 3.03. The van der Waals surface area contributed by atoms with E-state index in [9.17, 15) is 9.18 Å². The fourth-order valence-corrected chi connectivity index (χ4v) is 1.81. The highest BCUT2D eigenvalue weighted by Crippen LogP contribution is 2.14. The van der Waals surface area contributed by atoms with Gasteiger partial charge in [0.15, 0.2) is 0 Å². The largest absolute Gasteiger partial charge is 0.392 e. The molecule has 0 aliphatic rings. The molecule has 1 heterocycles. The predicted octanol–water partition coefficient (Wildman–Crippen LogP) is 1.43. The number of rotatable bonds is 4. The van der Waals surface area contributed by atoms with Gasteiger partial charge in [-0.2, -0.15) is 5.10 Å². The van der Waals surface area contributed by atoms with Gasteiger partial charge in [-0.1, -0.05) is 0 Å². The lowest BCUT2D eigenvalue weighted by Gasteiger charge is -2.07. The van der Waals surface area contributed by atoms with Crippen LogP contribution in [0.25, 0.3) is 5.69 Å². The minimum Gasteiger partial charge on any atom is -0.392 e. The Morgan fingerprint density at radius 2 is 2.10 bits per heavy atom. The average molecular weight is 277 g/mol. The Morgan fingerprint density at radius 3 is 2.70 bits per heavy atom. The molecule has 0 saturated heterocycles. The Bertz CT molecular complexity index is 605. The van der Waals surface area contributed by atoms with E-state index in [1.54, 1.807) is 30.7 Å². The molecule has 2 rings (SSSR count). The van der Waals surface area contributed by atoms with E-state index in [4.69, 9.17) is 5.11 Å². The Morgan fingerprint density at radius 1 is 1.45 bits per heavy atom. The number of carbonyl (C=O) groups excluding carboxylic acids is 1. The van der Waals surface area contributed by atoms with Gasteiger partial charge in [0.05, 0.1) is 29.2 Å². The van der Waals surface area contributed by atoms with E-state index in [1.165, 1.54) is 18.3 Å². The van der Waals surface area contributed by atoms with Gasteiger partial charge in [0, 0.05) is 6.54 Å². The van der Waals surface area contributed by atoms with E-state index in [2.05, 4.69) is 10.4 Å². The van der Waals surface area contributed by atoms with Crippen LogP contribution >= 0.6 is 0 Å². The van der Waals surface area contributed by atoms with Crippen molar-refractivity contribution in [1.82, 2.24) is 15.1 Å². The smallest absolute Gasteiger partial charge is 0.254 e. The van der Waals surface area contributed by atoms with Crippen molar-refractivity contribution in [3.8, 4) is 5.69 Å². The minimum atomic E-state index is -0.605. The molecule has 0 bridgehead atoms. The highest BCUT2D eigenvalue weighted by atomic mass is 19.1. The van der Waals surface area contributed by atoms with Gasteiger partial charge in [-0.15, -0.1) is 0 Å². The van der Waals surface area contributed by atoms with Crippen molar-refractivity contribution in [2.24, 2.45) is 0 Å². The summed E-state index contributed by atoms with van der Waals surface area (Å²) in [6, 6.07) is 5.85. The number of aliphatic hydroxyl groups excluding tert-OH is 1. The standard InChI is InChI=1S/C14H16FN3O2/c1-9(19)7-16-14(20)13-8-17-18(10(13)2)12-5-3-11(15)4-6-12/h3-6,8-9,19H,7H2,1-2H3,(H,16,20). The van der Waals surface area contributed by atoms with Crippen molar-refractivity contribution in [2.75, 3.05) is 6.54 Å². The summed E-state index contributed by atoms with van der Waals surface area (Å²) in [4.78, 5) is 11.9. The first-order chi connectivity index (χ1) is 9.49. The zero-order valence-corrected chi connectivity index (χ0v) is 11.3. The van der Waals surface area contributed by atoms with Gasteiger partial charge < -0.3 is 10.4 Å². The second-order valence-electron chi connectivity index (χ2n) is 4.59. The summed E-state index contributed by atoms with van der Waals surface area (Å²) in [6.07, 6.45) is 0.849. The lowest BCUT2D eigenvalue weighted by molar-refractivity contribution is 0.0923. The van der Waals surface area contributed by atoms with E-state index in [1.807, 2.05) is 0 Å². The van der Waals surface area contributed by atoms with Crippen LogP contribution in [0.15, 0.2) is 30.5 Å². The van der Waals surface area contributed by atoms with Crippen molar-refractivity contribution < 1.29 is 14.3 Å². The first kappa shape index (κ1) is 14.2. The number of amides is 1. The third-order valence-electron chi connectivity index (χ3n) is 2.88. The van der Waals surface area contributed by atoms with Crippen LogP contribution < -0.4 is 5.32 Å². The molecule has 20 heavy (non-hydrogen) atoms. The summed E-state index contributed by atoms with van der Waals surface area (Å²) in [6.45, 7) is 3.53. The summed E-state index contributed by atoms with van der Waals surface area (Å²) in [5.41, 5.74) is 1.76. The third-order valence-corrected chi connectivity index (χ3v) is 2.88. The zero-order chi connectivity index (χ0) is 14.7. The molecule has 0 saturated carbocycles. The van der Waals surface area contributed by atoms with E-state index >= 15 is 0 Å². The quantitative estimate of drug-likeness (QED) is 0.888. The molecule has 0 fully saturated rings. The molecule has 2 N–H and O–H groups in total. The molecule has 106 valence electrons. The van der Waals surface area contributed by atoms with Crippen LogP contribution in [-0.4, -0.2) is 33.4 Å². The number of halogens is 1. The molecule has 2 aromatic rings. The summed E-state index contributed by atoms with van der Waals surface area (Å²) in [5, 5.41) is 15.9. The lowest BCUT2D eigenvalue weighted by Crippen LogP contribution is -2.30. The van der Waals surface area contributed by atoms with Crippen LogP contribution in [0.3, 0.4) is 0 Å². The fraction of sp³-hybridized carbons (Fsp3) is 0.286. The Labute approximate surface area is 116 Å². The number of aromatic nitrogens is 2. The Hall–Kier alpha value is -2.21. The molecular weight excluding hydrogens is 261 g/mol. The summed E-state index contributed by atoms with van der Waals surface area (Å²) < 4.78 is 14.5. The van der Waals surface area contributed by atoms with Gasteiger partial charge in [-0.05, 0) is 38.1 Å². The van der Waals surface area contributed by atoms with Crippen molar-refractivity contribution in [3.63, 3.8) is 0 Å². The van der Waals surface area contributed by atoms with Crippen LogP contribution in [0.4, 0.5) is 4.39 Å².